The van der Waals surface area contributed by atoms with E-state index in [4.69, 9.17) is 4.74 Å². The third kappa shape index (κ3) is 6.70. The standard InChI is InChI=1S/C20H29N3O3.ClH/c24-19(10-14-26-18-6-2-1-3-7-18)23-13-4-5-16(15-23)20(25)22-17-8-11-21-12-9-17;/h1-3,6-7,16-17,21H,4-5,8-15H2,(H,22,25);1H. The van der Waals surface area contributed by atoms with E-state index in [0.29, 0.717) is 19.6 Å². The summed E-state index contributed by atoms with van der Waals surface area (Å²) in [5, 5.41) is 6.48. The van der Waals surface area contributed by atoms with Gasteiger partial charge in [0.05, 0.1) is 18.9 Å². The van der Waals surface area contributed by atoms with Crippen LogP contribution in [0.5, 0.6) is 5.75 Å². The second-order valence-corrected chi connectivity index (χ2v) is 7.12. The van der Waals surface area contributed by atoms with Gasteiger partial charge in [0.25, 0.3) is 0 Å². The van der Waals surface area contributed by atoms with E-state index in [1.54, 1.807) is 0 Å². The Morgan fingerprint density at radius 1 is 1.15 bits per heavy atom. The van der Waals surface area contributed by atoms with Crippen LogP contribution in [-0.2, 0) is 9.59 Å². The Morgan fingerprint density at radius 3 is 2.63 bits per heavy atom. The summed E-state index contributed by atoms with van der Waals surface area (Å²) in [6, 6.07) is 9.79. The predicted molar refractivity (Wildman–Crippen MR) is 107 cm³/mol. The van der Waals surface area contributed by atoms with Crippen molar-refractivity contribution in [2.24, 2.45) is 5.92 Å². The molecule has 2 aliphatic heterocycles. The van der Waals surface area contributed by atoms with Crippen LogP contribution in [0.15, 0.2) is 30.3 Å². The second-order valence-electron chi connectivity index (χ2n) is 7.12. The van der Waals surface area contributed by atoms with Crippen LogP contribution in [0.25, 0.3) is 0 Å². The van der Waals surface area contributed by atoms with Gasteiger partial charge in [0.15, 0.2) is 0 Å². The molecule has 0 saturated carbocycles. The number of para-hydroxylation sites is 1. The van der Waals surface area contributed by atoms with Gasteiger partial charge in [-0.2, -0.15) is 0 Å². The molecule has 0 radical (unpaired) electrons. The van der Waals surface area contributed by atoms with Crippen LogP contribution in [0.2, 0.25) is 0 Å². The predicted octanol–water partition coefficient (Wildman–Crippen LogP) is 1.98. The molecule has 1 aromatic rings. The number of ether oxygens (including phenoxy) is 1. The van der Waals surface area contributed by atoms with Crippen LogP contribution in [0.1, 0.15) is 32.1 Å². The van der Waals surface area contributed by atoms with Crippen molar-refractivity contribution in [3.05, 3.63) is 30.3 Å². The summed E-state index contributed by atoms with van der Waals surface area (Å²) in [5.74, 6) is 0.867. The molecule has 7 heteroatoms. The van der Waals surface area contributed by atoms with Gasteiger partial charge in [-0.25, -0.2) is 0 Å². The molecule has 150 valence electrons. The highest BCUT2D eigenvalue weighted by Gasteiger charge is 2.29. The lowest BCUT2D eigenvalue weighted by atomic mass is 9.95. The highest BCUT2D eigenvalue weighted by molar-refractivity contribution is 5.85. The number of nitrogens with zero attached hydrogens (tertiary/aromatic N) is 1. The fraction of sp³-hybridized carbons (Fsp3) is 0.600. The number of nitrogens with one attached hydrogen (secondary N) is 2. The van der Waals surface area contributed by atoms with E-state index in [0.717, 1.165) is 51.1 Å². The van der Waals surface area contributed by atoms with Crippen molar-refractivity contribution in [2.75, 3.05) is 32.8 Å². The fourth-order valence-corrected chi connectivity index (χ4v) is 3.63. The molecule has 2 N–H and O–H groups in total. The van der Waals surface area contributed by atoms with Gasteiger partial charge in [0.1, 0.15) is 5.75 Å². The molecule has 6 nitrogen and oxygen atoms in total. The molecule has 2 heterocycles. The minimum absolute atomic E-state index is 0. The Kier molecular flexibility index (Phi) is 8.88. The monoisotopic (exact) mass is 395 g/mol. The number of hydrogen-bond donors (Lipinski definition) is 2. The van der Waals surface area contributed by atoms with Gasteiger partial charge >= 0.3 is 0 Å². The molecule has 0 aromatic heterocycles. The molecule has 2 amide bonds. The fourth-order valence-electron chi connectivity index (χ4n) is 3.63. The smallest absolute Gasteiger partial charge is 0.226 e. The molecule has 27 heavy (non-hydrogen) atoms. The zero-order valence-electron chi connectivity index (χ0n) is 15.7. The van der Waals surface area contributed by atoms with Gasteiger partial charge in [0, 0.05) is 19.1 Å². The van der Waals surface area contributed by atoms with Crippen LogP contribution in [-0.4, -0.2) is 55.5 Å². The highest BCUT2D eigenvalue weighted by atomic mass is 35.5. The number of rotatable bonds is 6. The molecule has 2 saturated heterocycles. The lowest BCUT2D eigenvalue weighted by Crippen LogP contribution is -2.49. The third-order valence-corrected chi connectivity index (χ3v) is 5.16. The SMILES string of the molecule is Cl.O=C(NC1CCNCC1)C1CCCN(C(=O)CCOc2ccccc2)C1. The van der Waals surface area contributed by atoms with Crippen molar-refractivity contribution in [3.63, 3.8) is 0 Å². The zero-order valence-corrected chi connectivity index (χ0v) is 16.5. The summed E-state index contributed by atoms with van der Waals surface area (Å²) in [4.78, 5) is 26.8. The van der Waals surface area contributed by atoms with E-state index in [1.807, 2.05) is 35.2 Å². The van der Waals surface area contributed by atoms with E-state index in [-0.39, 0.29) is 36.2 Å². The Hall–Kier alpha value is -1.79. The first kappa shape index (κ1) is 21.5. The van der Waals surface area contributed by atoms with Crippen molar-refractivity contribution in [2.45, 2.75) is 38.1 Å². The number of piperidine rings is 2. The van der Waals surface area contributed by atoms with Gasteiger partial charge < -0.3 is 20.3 Å². The number of amides is 2. The summed E-state index contributed by atoms with van der Waals surface area (Å²) < 4.78 is 5.61. The van der Waals surface area contributed by atoms with Gasteiger partial charge in [-0.05, 0) is 50.9 Å². The minimum Gasteiger partial charge on any atom is -0.493 e. The van der Waals surface area contributed by atoms with E-state index in [2.05, 4.69) is 10.6 Å². The summed E-state index contributed by atoms with van der Waals surface area (Å²) in [5.41, 5.74) is 0. The van der Waals surface area contributed by atoms with Crippen molar-refractivity contribution < 1.29 is 14.3 Å². The summed E-state index contributed by atoms with van der Waals surface area (Å²) in [6.45, 7) is 3.55. The molecule has 2 fully saturated rings. The normalized spacial score (nSPS) is 20.4. The Labute approximate surface area is 167 Å². The van der Waals surface area contributed by atoms with Gasteiger partial charge in [-0.1, -0.05) is 18.2 Å². The van der Waals surface area contributed by atoms with Crippen LogP contribution < -0.4 is 15.4 Å². The molecule has 0 spiro atoms. The summed E-state index contributed by atoms with van der Waals surface area (Å²) >= 11 is 0. The third-order valence-electron chi connectivity index (χ3n) is 5.16. The molecule has 2 aliphatic rings. The lowest BCUT2D eigenvalue weighted by molar-refractivity contribution is -0.136. The van der Waals surface area contributed by atoms with Crippen molar-refractivity contribution in [1.29, 1.82) is 0 Å². The molecular weight excluding hydrogens is 366 g/mol. The molecule has 3 rings (SSSR count). The number of benzene rings is 1. The maximum Gasteiger partial charge on any atom is 0.226 e. The van der Waals surface area contributed by atoms with E-state index < -0.39 is 0 Å². The second kappa shape index (κ2) is 11.1. The quantitative estimate of drug-likeness (QED) is 0.772. The minimum atomic E-state index is -0.0855. The van der Waals surface area contributed by atoms with Gasteiger partial charge in [-0.15, -0.1) is 12.4 Å². The summed E-state index contributed by atoms with van der Waals surface area (Å²) in [7, 11) is 0. The van der Waals surface area contributed by atoms with Gasteiger partial charge in [0.2, 0.25) is 11.8 Å². The average molecular weight is 396 g/mol. The average Bonchev–Trinajstić information content (AvgIpc) is 2.69. The van der Waals surface area contributed by atoms with Crippen molar-refractivity contribution in [1.82, 2.24) is 15.5 Å². The number of carbonyl (C=O) groups excluding carboxylic acids is 2. The van der Waals surface area contributed by atoms with E-state index in [9.17, 15) is 9.59 Å². The van der Waals surface area contributed by atoms with E-state index in [1.165, 1.54) is 0 Å². The van der Waals surface area contributed by atoms with Crippen LogP contribution >= 0.6 is 12.4 Å². The molecule has 1 atom stereocenters. The first-order valence-electron chi connectivity index (χ1n) is 9.69. The molecule has 1 aromatic carbocycles. The topological polar surface area (TPSA) is 70.7 Å². The maximum atomic E-state index is 12.5. The lowest BCUT2D eigenvalue weighted by Gasteiger charge is -2.33. The Balaban J connectivity index is 0.00000261. The first-order valence-corrected chi connectivity index (χ1v) is 9.69. The maximum absolute atomic E-state index is 12.5. The molecule has 1 unspecified atom stereocenters. The zero-order chi connectivity index (χ0) is 18.2. The van der Waals surface area contributed by atoms with Crippen LogP contribution in [0.3, 0.4) is 0 Å². The summed E-state index contributed by atoms with van der Waals surface area (Å²) in [6.07, 6.45) is 4.06. The van der Waals surface area contributed by atoms with Crippen molar-refractivity contribution >= 4 is 24.2 Å². The molecule has 0 aliphatic carbocycles. The number of hydrogen-bond acceptors (Lipinski definition) is 4. The number of carbonyl (C=O) groups is 2. The van der Waals surface area contributed by atoms with Crippen molar-refractivity contribution in [3.8, 4) is 5.75 Å². The number of likely N-dealkylation sites (tertiary alicyclic amines) is 1. The van der Waals surface area contributed by atoms with Crippen LogP contribution in [0.4, 0.5) is 0 Å². The molecular formula is C20H30ClN3O3. The van der Waals surface area contributed by atoms with Gasteiger partial charge in [-0.3, -0.25) is 9.59 Å². The van der Waals surface area contributed by atoms with Crippen LogP contribution in [0, 0.1) is 5.92 Å². The Bertz CT molecular complexity index is 593. The largest absolute Gasteiger partial charge is 0.493 e. The molecule has 0 bridgehead atoms. The number of halogens is 1. The first-order chi connectivity index (χ1) is 12.7. The highest BCUT2D eigenvalue weighted by Crippen LogP contribution is 2.18. The Morgan fingerprint density at radius 2 is 1.89 bits per heavy atom. The van der Waals surface area contributed by atoms with E-state index >= 15 is 0 Å².